The summed E-state index contributed by atoms with van der Waals surface area (Å²) >= 11 is 6.23. The summed E-state index contributed by atoms with van der Waals surface area (Å²) in [5.74, 6) is 0.531. The number of nitrogens with one attached hydrogen (secondary N) is 2. The van der Waals surface area contributed by atoms with Crippen LogP contribution < -0.4 is 29.8 Å². The third kappa shape index (κ3) is 5.70. The zero-order valence-corrected chi connectivity index (χ0v) is 18.1. The van der Waals surface area contributed by atoms with Crippen molar-refractivity contribution in [2.45, 2.75) is 20.3 Å². The van der Waals surface area contributed by atoms with Crippen molar-refractivity contribution in [1.29, 1.82) is 0 Å². The second kappa shape index (κ2) is 11.2. The SMILES string of the molecule is CCCOc1c(Cl)cc(C(=O)NNC(=O)c2ccc(OCC)c(OC)c2)cc1OC. The number of benzene rings is 2. The van der Waals surface area contributed by atoms with Gasteiger partial charge in [0.1, 0.15) is 0 Å². The van der Waals surface area contributed by atoms with Gasteiger partial charge in [0.2, 0.25) is 0 Å². The quantitative estimate of drug-likeness (QED) is 0.583. The Morgan fingerprint density at radius 1 is 0.867 bits per heavy atom. The molecule has 9 heteroatoms. The molecule has 0 aliphatic heterocycles. The number of hydrogen-bond acceptors (Lipinski definition) is 6. The van der Waals surface area contributed by atoms with Crippen molar-refractivity contribution in [3.63, 3.8) is 0 Å². The predicted octanol–water partition coefficient (Wildman–Crippen LogP) is 3.62. The highest BCUT2D eigenvalue weighted by Gasteiger charge is 2.17. The maximum Gasteiger partial charge on any atom is 0.269 e. The average Bonchev–Trinajstić information content (AvgIpc) is 2.76. The van der Waals surface area contributed by atoms with Gasteiger partial charge in [0.15, 0.2) is 23.0 Å². The van der Waals surface area contributed by atoms with Gasteiger partial charge in [-0.1, -0.05) is 18.5 Å². The molecule has 0 heterocycles. The molecule has 0 unspecified atom stereocenters. The molecule has 0 atom stereocenters. The molecule has 162 valence electrons. The summed E-state index contributed by atoms with van der Waals surface area (Å²) in [5.41, 5.74) is 5.19. The second-order valence-corrected chi connectivity index (χ2v) is 6.45. The van der Waals surface area contributed by atoms with Crippen molar-refractivity contribution in [3.8, 4) is 23.0 Å². The highest BCUT2D eigenvalue weighted by atomic mass is 35.5. The first kappa shape index (κ1) is 23.2. The van der Waals surface area contributed by atoms with Gasteiger partial charge in [-0.05, 0) is 43.7 Å². The van der Waals surface area contributed by atoms with Crippen molar-refractivity contribution in [2.75, 3.05) is 27.4 Å². The van der Waals surface area contributed by atoms with E-state index in [1.165, 1.54) is 32.4 Å². The summed E-state index contributed by atoms with van der Waals surface area (Å²) in [7, 11) is 2.93. The molecule has 0 aromatic heterocycles. The van der Waals surface area contributed by atoms with Gasteiger partial charge in [0.25, 0.3) is 11.8 Å². The molecule has 0 radical (unpaired) electrons. The van der Waals surface area contributed by atoms with E-state index in [1.807, 2.05) is 13.8 Å². The molecule has 30 heavy (non-hydrogen) atoms. The summed E-state index contributed by atoms with van der Waals surface area (Å²) in [6.07, 6.45) is 0.796. The summed E-state index contributed by atoms with van der Waals surface area (Å²) in [4.78, 5) is 24.9. The van der Waals surface area contributed by atoms with E-state index in [0.29, 0.717) is 36.2 Å². The Morgan fingerprint density at radius 3 is 2.10 bits per heavy atom. The van der Waals surface area contributed by atoms with E-state index in [1.54, 1.807) is 12.1 Å². The van der Waals surface area contributed by atoms with Crippen LogP contribution in [0.5, 0.6) is 23.0 Å². The van der Waals surface area contributed by atoms with Crippen LogP contribution in [0.25, 0.3) is 0 Å². The van der Waals surface area contributed by atoms with E-state index < -0.39 is 11.8 Å². The standard InChI is InChI=1S/C21H25ClN2O6/c1-5-9-30-19-15(22)10-14(12-18(19)28-4)21(26)24-23-20(25)13-7-8-16(29-6-2)17(11-13)27-3/h7-8,10-12H,5-6,9H2,1-4H3,(H,23,25)(H,24,26). The highest BCUT2D eigenvalue weighted by molar-refractivity contribution is 6.32. The minimum Gasteiger partial charge on any atom is -0.493 e. The van der Waals surface area contributed by atoms with Gasteiger partial charge in [-0.25, -0.2) is 0 Å². The zero-order chi connectivity index (χ0) is 22.1. The molecule has 2 rings (SSSR count). The Labute approximate surface area is 180 Å². The lowest BCUT2D eigenvalue weighted by Gasteiger charge is -2.14. The van der Waals surface area contributed by atoms with Gasteiger partial charge in [0, 0.05) is 11.1 Å². The fourth-order valence-corrected chi connectivity index (χ4v) is 2.80. The van der Waals surface area contributed by atoms with Crippen LogP contribution in [0.3, 0.4) is 0 Å². The molecular weight excluding hydrogens is 412 g/mol. The van der Waals surface area contributed by atoms with Crippen LogP contribution in [-0.2, 0) is 0 Å². The predicted molar refractivity (Wildman–Crippen MR) is 113 cm³/mol. The van der Waals surface area contributed by atoms with Crippen molar-refractivity contribution < 1.29 is 28.5 Å². The van der Waals surface area contributed by atoms with Crippen LogP contribution in [0, 0.1) is 0 Å². The van der Waals surface area contributed by atoms with Crippen LogP contribution in [0.2, 0.25) is 5.02 Å². The molecule has 0 aliphatic carbocycles. The molecule has 0 bridgehead atoms. The summed E-state index contributed by atoms with van der Waals surface area (Å²) in [6, 6.07) is 7.63. The molecule has 0 saturated carbocycles. The van der Waals surface area contributed by atoms with Crippen LogP contribution in [-0.4, -0.2) is 39.2 Å². The van der Waals surface area contributed by atoms with E-state index >= 15 is 0 Å². The Bertz CT molecular complexity index is 903. The van der Waals surface area contributed by atoms with Gasteiger partial charge in [-0.2, -0.15) is 0 Å². The Morgan fingerprint density at radius 2 is 1.50 bits per heavy atom. The maximum atomic E-state index is 12.5. The Kier molecular flexibility index (Phi) is 8.61. The monoisotopic (exact) mass is 436 g/mol. The minimum atomic E-state index is -0.566. The van der Waals surface area contributed by atoms with E-state index in [0.717, 1.165) is 6.42 Å². The minimum absolute atomic E-state index is 0.199. The first-order chi connectivity index (χ1) is 14.4. The van der Waals surface area contributed by atoms with Gasteiger partial charge in [0.05, 0.1) is 32.5 Å². The molecule has 2 aromatic rings. The fraction of sp³-hybridized carbons (Fsp3) is 0.333. The van der Waals surface area contributed by atoms with Crippen LogP contribution in [0.15, 0.2) is 30.3 Å². The van der Waals surface area contributed by atoms with Gasteiger partial charge in [-0.15, -0.1) is 0 Å². The number of amides is 2. The lowest BCUT2D eigenvalue weighted by atomic mass is 10.2. The first-order valence-corrected chi connectivity index (χ1v) is 9.74. The third-order valence-electron chi connectivity index (χ3n) is 3.96. The molecule has 8 nitrogen and oxygen atoms in total. The van der Waals surface area contributed by atoms with Gasteiger partial charge in [-0.3, -0.25) is 20.4 Å². The van der Waals surface area contributed by atoms with Crippen molar-refractivity contribution in [2.24, 2.45) is 0 Å². The lowest BCUT2D eigenvalue weighted by Crippen LogP contribution is -2.41. The topological polar surface area (TPSA) is 95.1 Å². The van der Waals surface area contributed by atoms with Gasteiger partial charge < -0.3 is 18.9 Å². The molecular formula is C21H25ClN2O6. The smallest absolute Gasteiger partial charge is 0.269 e. The largest absolute Gasteiger partial charge is 0.493 e. The molecule has 0 saturated heterocycles. The van der Waals surface area contributed by atoms with Gasteiger partial charge >= 0.3 is 0 Å². The molecule has 2 amide bonds. The van der Waals surface area contributed by atoms with E-state index in [-0.39, 0.29) is 16.1 Å². The summed E-state index contributed by atoms with van der Waals surface area (Å²) in [5, 5.41) is 0.232. The Hall–Kier alpha value is -3.13. The normalized spacial score (nSPS) is 10.2. The molecule has 2 aromatic carbocycles. The van der Waals surface area contributed by atoms with E-state index in [4.69, 9.17) is 30.5 Å². The maximum absolute atomic E-state index is 12.5. The third-order valence-corrected chi connectivity index (χ3v) is 4.24. The number of carbonyl (C=O) groups excluding carboxylic acids is 2. The number of methoxy groups -OCH3 is 2. The average molecular weight is 437 g/mol. The van der Waals surface area contributed by atoms with E-state index in [2.05, 4.69) is 10.9 Å². The van der Waals surface area contributed by atoms with E-state index in [9.17, 15) is 9.59 Å². The number of ether oxygens (including phenoxy) is 4. The number of rotatable bonds is 9. The van der Waals surface area contributed by atoms with Crippen LogP contribution >= 0.6 is 11.6 Å². The van der Waals surface area contributed by atoms with Crippen molar-refractivity contribution in [3.05, 3.63) is 46.5 Å². The van der Waals surface area contributed by atoms with Crippen LogP contribution in [0.4, 0.5) is 0 Å². The number of hydrogen-bond donors (Lipinski definition) is 2. The molecule has 0 fully saturated rings. The highest BCUT2D eigenvalue weighted by Crippen LogP contribution is 2.36. The number of halogens is 1. The summed E-state index contributed by atoms with van der Waals surface area (Å²) < 4.78 is 21.5. The molecule has 0 aliphatic rings. The fourth-order valence-electron chi connectivity index (χ4n) is 2.54. The van der Waals surface area contributed by atoms with Crippen molar-refractivity contribution >= 4 is 23.4 Å². The number of carbonyl (C=O) groups is 2. The summed E-state index contributed by atoms with van der Waals surface area (Å²) in [6.45, 7) is 4.74. The molecule has 2 N–H and O–H groups in total. The number of hydrazine groups is 1. The molecule has 0 spiro atoms. The van der Waals surface area contributed by atoms with Crippen molar-refractivity contribution in [1.82, 2.24) is 10.9 Å². The lowest BCUT2D eigenvalue weighted by molar-refractivity contribution is 0.0846. The zero-order valence-electron chi connectivity index (χ0n) is 17.3. The second-order valence-electron chi connectivity index (χ2n) is 6.04. The Balaban J connectivity index is 2.10. The van der Waals surface area contributed by atoms with Crippen LogP contribution in [0.1, 0.15) is 41.0 Å². The first-order valence-electron chi connectivity index (χ1n) is 9.36.